The van der Waals surface area contributed by atoms with Crippen LogP contribution in [0.25, 0.3) is 0 Å². The van der Waals surface area contributed by atoms with E-state index in [0.29, 0.717) is 39.4 Å². The van der Waals surface area contributed by atoms with Gasteiger partial charge in [-0.2, -0.15) is 5.26 Å². The van der Waals surface area contributed by atoms with Gasteiger partial charge in [0.1, 0.15) is 17.1 Å². The van der Waals surface area contributed by atoms with Crippen LogP contribution in [0.5, 0.6) is 0 Å². The molecule has 0 aliphatic heterocycles. The first-order valence-corrected chi connectivity index (χ1v) is 14.5. The van der Waals surface area contributed by atoms with Gasteiger partial charge >= 0.3 is 0 Å². The van der Waals surface area contributed by atoms with Crippen molar-refractivity contribution in [2.75, 3.05) is 27.8 Å². The minimum atomic E-state index is -0.600. The number of nitrogens with zero attached hydrogens (tertiary/aromatic N) is 2. The summed E-state index contributed by atoms with van der Waals surface area (Å²) in [7, 11) is 0. The lowest BCUT2D eigenvalue weighted by Crippen LogP contribution is -2.25. The van der Waals surface area contributed by atoms with Gasteiger partial charge in [0.2, 0.25) is 0 Å². The molecule has 9 N–H and O–H groups in total. The summed E-state index contributed by atoms with van der Waals surface area (Å²) >= 11 is 2.98. The van der Waals surface area contributed by atoms with E-state index in [-0.39, 0.29) is 46.2 Å². The zero-order valence-electron chi connectivity index (χ0n) is 25.2. The van der Waals surface area contributed by atoms with Crippen LogP contribution >= 0.6 is 15.9 Å². The third-order valence-electron chi connectivity index (χ3n) is 6.95. The van der Waals surface area contributed by atoms with Gasteiger partial charge in [0.25, 0.3) is 29.5 Å². The molecule has 0 bridgehead atoms. The van der Waals surface area contributed by atoms with Crippen molar-refractivity contribution >= 4 is 68.3 Å². The first-order valence-electron chi connectivity index (χ1n) is 13.7. The molecule has 0 aliphatic rings. The van der Waals surface area contributed by atoms with Crippen molar-refractivity contribution in [2.45, 2.75) is 34.1 Å². The molecule has 0 spiro atoms. The van der Waals surface area contributed by atoms with Gasteiger partial charge in [-0.25, -0.2) is 4.98 Å². The van der Waals surface area contributed by atoms with E-state index < -0.39 is 29.5 Å². The largest absolute Gasteiger partial charge is 0.355 e. The Morgan fingerprint density at radius 1 is 0.783 bits per heavy atom. The number of aromatic amines is 4. The average molecular weight is 693 g/mol. The van der Waals surface area contributed by atoms with Crippen LogP contribution in [0.4, 0.5) is 22.9 Å². The Hall–Kier alpha value is -5.89. The molecule has 4 heterocycles. The van der Waals surface area contributed by atoms with Crippen molar-refractivity contribution in [1.82, 2.24) is 30.2 Å². The molecule has 17 heteroatoms. The van der Waals surface area contributed by atoms with Gasteiger partial charge in [0, 0.05) is 41.8 Å². The van der Waals surface area contributed by atoms with E-state index in [1.54, 1.807) is 27.7 Å². The predicted molar refractivity (Wildman–Crippen MR) is 173 cm³/mol. The Balaban J connectivity index is 1.40. The third-order valence-corrected chi connectivity index (χ3v) is 7.31. The molecule has 0 aromatic carbocycles. The first-order chi connectivity index (χ1) is 21.8. The van der Waals surface area contributed by atoms with Crippen molar-refractivity contribution in [3.05, 3.63) is 74.9 Å². The number of imidazole rings is 1. The van der Waals surface area contributed by atoms with Gasteiger partial charge in [-0.15, -0.1) is 0 Å². The molecule has 4 rings (SSSR count). The Labute approximate surface area is 270 Å². The van der Waals surface area contributed by atoms with Gasteiger partial charge in [-0.05, 0) is 43.6 Å². The number of halogens is 1. The summed E-state index contributed by atoms with van der Waals surface area (Å²) < 4.78 is 0.0989. The number of anilines is 4. The minimum Gasteiger partial charge on any atom is -0.355 e. The molecule has 0 fully saturated rings. The molecule has 46 heavy (non-hydrogen) atoms. The molecule has 238 valence electrons. The highest BCUT2D eigenvalue weighted by molar-refractivity contribution is 9.12. The number of hydrogen-bond donors (Lipinski definition) is 9. The molecule has 0 aliphatic carbocycles. The number of rotatable bonds is 11. The Kier molecular flexibility index (Phi) is 9.92. The van der Waals surface area contributed by atoms with Gasteiger partial charge in [0.05, 0.1) is 39.7 Å². The number of aromatic nitrogens is 5. The smallest absolute Gasteiger partial charge is 0.291 e. The fraction of sp³-hybridized carbons (Fsp3) is 0.207. The maximum absolute atomic E-state index is 13.1. The summed E-state index contributed by atoms with van der Waals surface area (Å²) in [5, 5.41) is 22.0. The van der Waals surface area contributed by atoms with E-state index in [1.165, 1.54) is 18.6 Å². The Morgan fingerprint density at radius 2 is 1.24 bits per heavy atom. The Bertz CT molecular complexity index is 1920. The molecule has 0 saturated carbocycles. The summed E-state index contributed by atoms with van der Waals surface area (Å²) in [4.78, 5) is 78.7. The highest BCUT2D eigenvalue weighted by atomic mass is 79.9. The molecule has 4 aromatic rings. The highest BCUT2D eigenvalue weighted by Gasteiger charge is 2.23. The van der Waals surface area contributed by atoms with E-state index in [9.17, 15) is 24.0 Å². The number of nitriles is 1. The second-order valence-corrected chi connectivity index (χ2v) is 11.0. The number of hydrogen-bond acceptors (Lipinski definition) is 7. The maximum Gasteiger partial charge on any atom is 0.291 e. The summed E-state index contributed by atoms with van der Waals surface area (Å²) in [6, 6.07) is 1.95. The Morgan fingerprint density at radius 3 is 1.70 bits per heavy atom. The molecular weight excluding hydrogens is 662 g/mol. The number of H-pyrrole nitrogens is 4. The quantitative estimate of drug-likeness (QED) is 0.0829. The van der Waals surface area contributed by atoms with Gasteiger partial charge in [-0.3, -0.25) is 24.0 Å². The fourth-order valence-corrected chi connectivity index (χ4v) is 4.42. The second kappa shape index (κ2) is 13.8. The molecule has 0 unspecified atom stereocenters. The summed E-state index contributed by atoms with van der Waals surface area (Å²) in [5.41, 5.74) is 3.57. The van der Waals surface area contributed by atoms with Gasteiger partial charge < -0.3 is 46.5 Å². The monoisotopic (exact) mass is 691 g/mol. The number of amides is 5. The molecular formula is C29H30BrN11O5. The maximum atomic E-state index is 13.1. The van der Waals surface area contributed by atoms with Crippen LogP contribution in [0.3, 0.4) is 0 Å². The number of carbonyl (C=O) groups is 5. The van der Waals surface area contributed by atoms with Crippen molar-refractivity contribution in [1.29, 1.82) is 5.26 Å². The molecule has 4 aromatic heterocycles. The average Bonchev–Trinajstić information content (AvgIpc) is 3.76. The van der Waals surface area contributed by atoms with Crippen molar-refractivity contribution < 1.29 is 24.0 Å². The van der Waals surface area contributed by atoms with E-state index in [2.05, 4.69) is 74.0 Å². The highest BCUT2D eigenvalue weighted by Crippen LogP contribution is 2.25. The van der Waals surface area contributed by atoms with E-state index >= 15 is 0 Å². The zero-order chi connectivity index (χ0) is 33.7. The topological polar surface area (TPSA) is 245 Å². The van der Waals surface area contributed by atoms with Crippen molar-refractivity contribution in [2.24, 2.45) is 0 Å². The van der Waals surface area contributed by atoms with Crippen LogP contribution in [0, 0.1) is 39.0 Å². The fourth-order valence-electron chi connectivity index (χ4n) is 4.32. The number of nitrogens with one attached hydrogen (secondary N) is 9. The van der Waals surface area contributed by atoms with E-state index in [4.69, 9.17) is 5.26 Å². The minimum absolute atomic E-state index is 0.0572. The van der Waals surface area contributed by atoms with Crippen LogP contribution in [-0.2, 0) is 4.79 Å². The lowest BCUT2D eigenvalue weighted by Gasteiger charge is -2.07. The van der Waals surface area contributed by atoms with Crippen molar-refractivity contribution in [3.63, 3.8) is 0 Å². The number of aryl methyl sites for hydroxylation is 1. The molecule has 5 amide bonds. The van der Waals surface area contributed by atoms with Crippen molar-refractivity contribution in [3.8, 4) is 6.07 Å². The molecule has 0 atom stereocenters. The van der Waals surface area contributed by atoms with Crippen LogP contribution in [-0.4, -0.2) is 61.0 Å². The summed E-state index contributed by atoms with van der Waals surface area (Å²) in [6.07, 6.45) is 4.59. The van der Waals surface area contributed by atoms with Crippen LogP contribution in [0.1, 0.15) is 70.9 Å². The number of carbonyl (C=O) groups excluding carboxylic acids is 5. The van der Waals surface area contributed by atoms with E-state index in [0.717, 1.165) is 0 Å². The van der Waals surface area contributed by atoms with Crippen LogP contribution in [0.2, 0.25) is 0 Å². The summed E-state index contributed by atoms with van der Waals surface area (Å²) in [5.74, 6) is -2.41. The van der Waals surface area contributed by atoms with Crippen LogP contribution < -0.4 is 26.6 Å². The lowest BCUT2D eigenvalue weighted by molar-refractivity contribution is -0.112. The zero-order valence-corrected chi connectivity index (χ0v) is 26.8. The summed E-state index contributed by atoms with van der Waals surface area (Å²) in [6.45, 7) is 10.3. The van der Waals surface area contributed by atoms with Crippen LogP contribution in [0.15, 0.2) is 29.7 Å². The third kappa shape index (κ3) is 7.08. The van der Waals surface area contributed by atoms with Gasteiger partial charge in [-0.1, -0.05) is 6.58 Å². The standard InChI is InChI=1S/C29H30BrN11O5/c1-12-17(9-33-20(12)26(43)32-8-6-7-31)37-27(44)21-13(2)18(10-34-21)38-28(45)22-14(3)19(11-35-22)39-29(46)24-36-16(5)23(40-24)41-25(42)15(4)30/h9-11,33-35H,4,6,8H2,1-3,5H3,(H,32,43)(H,36,40)(H,37,44)(H,38,45)(H,39,46)(H,41,42). The normalized spacial score (nSPS) is 10.5. The second-order valence-electron chi connectivity index (χ2n) is 10.1. The molecule has 0 radical (unpaired) electrons. The first kappa shape index (κ1) is 33.0. The molecule has 16 nitrogen and oxygen atoms in total. The lowest BCUT2D eigenvalue weighted by atomic mass is 10.2. The molecule has 0 saturated heterocycles. The SMILES string of the molecule is C=C(Br)C(=O)Nc1nc(C(=O)Nc2c[nH]c(C(=O)Nc3c[nH]c(C(=O)Nc4c[nH]c(C(=O)NCCC#N)c4C)c3C)c2C)[nH]c1C. The predicted octanol–water partition coefficient (Wildman–Crippen LogP) is 3.88. The van der Waals surface area contributed by atoms with E-state index in [1.807, 2.05) is 6.07 Å². The van der Waals surface area contributed by atoms with Gasteiger partial charge in [0.15, 0.2) is 11.6 Å².